The van der Waals surface area contributed by atoms with E-state index in [4.69, 9.17) is 0 Å². The highest BCUT2D eigenvalue weighted by Crippen LogP contribution is 2.30. The number of hydrogen-bond acceptors (Lipinski definition) is 1. The summed E-state index contributed by atoms with van der Waals surface area (Å²) < 4.78 is 38.4. The minimum absolute atomic E-state index is 0.0803. The molecule has 4 heteroatoms. The zero-order valence-corrected chi connectivity index (χ0v) is 8.60. The van der Waals surface area contributed by atoms with Crippen LogP contribution in [0.2, 0.25) is 0 Å². The third-order valence-corrected chi connectivity index (χ3v) is 3.00. The fraction of sp³-hybridized carbons (Fsp3) is 0.417. The van der Waals surface area contributed by atoms with Crippen LogP contribution in [0.5, 0.6) is 0 Å². The monoisotopic (exact) mass is 228 g/mol. The Morgan fingerprint density at radius 1 is 1.19 bits per heavy atom. The van der Waals surface area contributed by atoms with Crippen molar-refractivity contribution in [2.75, 3.05) is 0 Å². The maximum absolute atomic E-state index is 12.9. The fourth-order valence-electron chi connectivity index (χ4n) is 1.79. The topological polar surface area (TPSA) is 17.1 Å². The van der Waals surface area contributed by atoms with Gasteiger partial charge in [-0.25, -0.2) is 13.2 Å². The van der Waals surface area contributed by atoms with Gasteiger partial charge in [-0.1, -0.05) is 19.3 Å². The molecule has 1 saturated carbocycles. The predicted octanol–water partition coefficient (Wildman–Crippen LogP) is 3.48. The Bertz CT molecular complexity index is 401. The smallest absolute Gasteiger partial charge is 0.194 e. The molecule has 16 heavy (non-hydrogen) atoms. The van der Waals surface area contributed by atoms with E-state index in [-0.39, 0.29) is 11.3 Å². The second kappa shape index (κ2) is 4.28. The molecule has 0 radical (unpaired) electrons. The molecular weight excluding hydrogens is 217 g/mol. The molecule has 0 atom stereocenters. The lowest BCUT2D eigenvalue weighted by atomic mass is 9.81. The molecule has 1 aromatic rings. The van der Waals surface area contributed by atoms with Crippen LogP contribution >= 0.6 is 0 Å². The number of carbonyl (C=O) groups is 1. The summed E-state index contributed by atoms with van der Waals surface area (Å²) in [6.07, 6.45) is 3.37. The van der Waals surface area contributed by atoms with Crippen molar-refractivity contribution >= 4 is 5.78 Å². The van der Waals surface area contributed by atoms with E-state index >= 15 is 0 Å². The van der Waals surface area contributed by atoms with E-state index < -0.39 is 17.5 Å². The van der Waals surface area contributed by atoms with E-state index in [0.717, 1.165) is 31.4 Å². The Balaban J connectivity index is 2.16. The van der Waals surface area contributed by atoms with Gasteiger partial charge in [-0.3, -0.25) is 4.79 Å². The largest absolute Gasteiger partial charge is 0.294 e. The molecule has 0 aliphatic heterocycles. The fourth-order valence-corrected chi connectivity index (χ4v) is 1.79. The van der Waals surface area contributed by atoms with Crippen LogP contribution in [0.1, 0.15) is 36.0 Å². The zero-order valence-electron chi connectivity index (χ0n) is 8.60. The number of benzene rings is 1. The minimum Gasteiger partial charge on any atom is -0.294 e. The highest BCUT2D eigenvalue weighted by atomic mass is 19.2. The van der Waals surface area contributed by atoms with Gasteiger partial charge in [-0.15, -0.1) is 0 Å². The molecule has 0 unspecified atom stereocenters. The first-order chi connectivity index (χ1) is 7.58. The standard InChI is InChI=1S/C12H11F3O/c13-9-5-8(6-10(14)12(9)15)11(16)4-7-2-1-3-7/h5-7H,1-4H2. The van der Waals surface area contributed by atoms with Gasteiger partial charge in [0.15, 0.2) is 23.2 Å². The van der Waals surface area contributed by atoms with Crippen LogP contribution in [0.15, 0.2) is 12.1 Å². The molecule has 86 valence electrons. The van der Waals surface area contributed by atoms with E-state index in [1.54, 1.807) is 0 Å². The van der Waals surface area contributed by atoms with Gasteiger partial charge in [0.1, 0.15) is 0 Å². The average molecular weight is 228 g/mol. The Morgan fingerprint density at radius 3 is 2.19 bits per heavy atom. The van der Waals surface area contributed by atoms with Crippen molar-refractivity contribution in [3.8, 4) is 0 Å². The number of Topliss-reactive ketones (excluding diaryl/α,β-unsaturated/α-hetero) is 1. The summed E-state index contributed by atoms with van der Waals surface area (Å²) in [4.78, 5) is 11.6. The lowest BCUT2D eigenvalue weighted by molar-refractivity contribution is 0.0935. The summed E-state index contributed by atoms with van der Waals surface area (Å²) in [5, 5.41) is 0. The molecule has 1 aliphatic carbocycles. The lowest BCUT2D eigenvalue weighted by Gasteiger charge is -2.24. The third-order valence-electron chi connectivity index (χ3n) is 3.00. The van der Waals surface area contributed by atoms with Gasteiger partial charge in [0.05, 0.1) is 0 Å². The molecule has 0 N–H and O–H groups in total. The number of halogens is 3. The van der Waals surface area contributed by atoms with Crippen molar-refractivity contribution in [2.24, 2.45) is 5.92 Å². The summed E-state index contributed by atoms with van der Waals surface area (Å²) in [7, 11) is 0. The van der Waals surface area contributed by atoms with Crippen molar-refractivity contribution < 1.29 is 18.0 Å². The number of hydrogen-bond donors (Lipinski definition) is 0. The molecule has 1 aromatic carbocycles. The summed E-state index contributed by atoms with van der Waals surface area (Å²) in [6, 6.07) is 1.53. The Hall–Kier alpha value is -1.32. The van der Waals surface area contributed by atoms with Crippen molar-refractivity contribution in [3.63, 3.8) is 0 Å². The molecule has 0 bridgehead atoms. The molecule has 0 heterocycles. The number of rotatable bonds is 3. The minimum atomic E-state index is -1.53. The Morgan fingerprint density at radius 2 is 1.75 bits per heavy atom. The van der Waals surface area contributed by atoms with Crippen LogP contribution in [0, 0.1) is 23.4 Å². The summed E-state index contributed by atoms with van der Waals surface area (Å²) in [5.41, 5.74) is -0.0803. The molecule has 0 spiro atoms. The Labute approximate surface area is 91.3 Å². The van der Waals surface area contributed by atoms with Gasteiger partial charge in [0, 0.05) is 12.0 Å². The second-order valence-corrected chi connectivity index (χ2v) is 4.18. The highest BCUT2D eigenvalue weighted by Gasteiger charge is 2.22. The maximum Gasteiger partial charge on any atom is 0.194 e. The first-order valence-electron chi connectivity index (χ1n) is 5.25. The Kier molecular flexibility index (Phi) is 2.99. The van der Waals surface area contributed by atoms with Gasteiger partial charge < -0.3 is 0 Å². The number of ketones is 1. The van der Waals surface area contributed by atoms with Crippen molar-refractivity contribution in [1.82, 2.24) is 0 Å². The van der Waals surface area contributed by atoms with Crippen LogP contribution in [-0.4, -0.2) is 5.78 Å². The molecule has 1 nitrogen and oxygen atoms in total. The van der Waals surface area contributed by atoms with E-state index in [1.807, 2.05) is 0 Å². The first kappa shape index (κ1) is 11.2. The van der Waals surface area contributed by atoms with Crippen LogP contribution in [0.25, 0.3) is 0 Å². The third kappa shape index (κ3) is 2.10. The van der Waals surface area contributed by atoms with Crippen LogP contribution in [0.3, 0.4) is 0 Å². The maximum atomic E-state index is 12.9. The quantitative estimate of drug-likeness (QED) is 0.571. The zero-order chi connectivity index (χ0) is 11.7. The molecule has 1 aliphatic rings. The molecular formula is C12H11F3O. The van der Waals surface area contributed by atoms with Gasteiger partial charge in [-0.2, -0.15) is 0 Å². The summed E-state index contributed by atoms with van der Waals surface area (Å²) in [6.45, 7) is 0. The summed E-state index contributed by atoms with van der Waals surface area (Å²) in [5.74, 6) is -4.14. The van der Waals surface area contributed by atoms with Gasteiger partial charge in [-0.05, 0) is 18.1 Å². The molecule has 0 amide bonds. The molecule has 1 fully saturated rings. The van der Waals surface area contributed by atoms with Crippen molar-refractivity contribution in [1.29, 1.82) is 0 Å². The first-order valence-corrected chi connectivity index (χ1v) is 5.25. The van der Waals surface area contributed by atoms with E-state index in [1.165, 1.54) is 0 Å². The average Bonchev–Trinajstić information content (AvgIpc) is 2.19. The SMILES string of the molecule is O=C(CC1CCC1)c1cc(F)c(F)c(F)c1. The highest BCUT2D eigenvalue weighted by molar-refractivity contribution is 5.96. The van der Waals surface area contributed by atoms with E-state index in [0.29, 0.717) is 12.3 Å². The van der Waals surface area contributed by atoms with Crippen molar-refractivity contribution in [3.05, 3.63) is 35.1 Å². The van der Waals surface area contributed by atoms with Crippen LogP contribution in [-0.2, 0) is 0 Å². The molecule has 2 rings (SSSR count). The lowest BCUT2D eigenvalue weighted by Crippen LogP contribution is -2.16. The molecule has 0 saturated heterocycles. The van der Waals surface area contributed by atoms with E-state index in [9.17, 15) is 18.0 Å². The van der Waals surface area contributed by atoms with Gasteiger partial charge in [0.25, 0.3) is 0 Å². The number of carbonyl (C=O) groups excluding carboxylic acids is 1. The second-order valence-electron chi connectivity index (χ2n) is 4.18. The predicted molar refractivity (Wildman–Crippen MR) is 52.6 cm³/mol. The van der Waals surface area contributed by atoms with Crippen molar-refractivity contribution in [2.45, 2.75) is 25.7 Å². The summed E-state index contributed by atoms with van der Waals surface area (Å²) >= 11 is 0. The normalized spacial score (nSPS) is 15.9. The van der Waals surface area contributed by atoms with E-state index in [2.05, 4.69) is 0 Å². The van der Waals surface area contributed by atoms with Gasteiger partial charge >= 0.3 is 0 Å². The molecule has 0 aromatic heterocycles. The van der Waals surface area contributed by atoms with Gasteiger partial charge in [0.2, 0.25) is 0 Å². The van der Waals surface area contributed by atoms with Crippen LogP contribution in [0.4, 0.5) is 13.2 Å². The van der Waals surface area contributed by atoms with Crippen LogP contribution < -0.4 is 0 Å².